The molecule has 4 aromatic carbocycles. The summed E-state index contributed by atoms with van der Waals surface area (Å²) in [7, 11) is 0. The van der Waals surface area contributed by atoms with Gasteiger partial charge in [-0.05, 0) is 60.2 Å². The van der Waals surface area contributed by atoms with Crippen LogP contribution in [0.2, 0.25) is 0 Å². The van der Waals surface area contributed by atoms with Crippen LogP contribution in [0, 0.1) is 0 Å². The Morgan fingerprint density at radius 3 is 1.94 bits per heavy atom. The number of hydrogen-bond donors (Lipinski definition) is 2. The molecule has 6 heteroatoms. The number of nitrogens with one attached hydrogen (secondary N) is 2. The fourth-order valence-electron chi connectivity index (χ4n) is 3.36. The van der Waals surface area contributed by atoms with Gasteiger partial charge in [0.15, 0.2) is 0 Å². The van der Waals surface area contributed by atoms with Gasteiger partial charge in [-0.1, -0.05) is 64.5 Å². The second-order valence-electron chi connectivity index (χ2n) is 7.58. The zero-order valence-corrected chi connectivity index (χ0v) is 19.9. The van der Waals surface area contributed by atoms with Gasteiger partial charge >= 0.3 is 0 Å². The van der Waals surface area contributed by atoms with Crippen LogP contribution >= 0.6 is 15.9 Å². The summed E-state index contributed by atoms with van der Waals surface area (Å²) >= 11 is 3.43. The van der Waals surface area contributed by atoms with Crippen LogP contribution in [0.25, 0.3) is 0 Å². The minimum Gasteiger partial charge on any atom is -0.492 e. The molecule has 0 aliphatic heterocycles. The molecule has 0 unspecified atom stereocenters. The van der Waals surface area contributed by atoms with Gasteiger partial charge in [-0.2, -0.15) is 0 Å². The average Bonchev–Trinajstić information content (AvgIpc) is 2.87. The van der Waals surface area contributed by atoms with Crippen LogP contribution < -0.4 is 15.4 Å². The third-order valence-electron chi connectivity index (χ3n) is 5.11. The number of amides is 2. The van der Waals surface area contributed by atoms with Gasteiger partial charge < -0.3 is 15.4 Å². The zero-order chi connectivity index (χ0) is 23.8. The summed E-state index contributed by atoms with van der Waals surface area (Å²) in [5.41, 5.74) is 3.43. The number of rotatable bonds is 8. The van der Waals surface area contributed by atoms with E-state index in [9.17, 15) is 9.59 Å². The molecule has 0 radical (unpaired) electrons. The van der Waals surface area contributed by atoms with Gasteiger partial charge in [0, 0.05) is 27.8 Å². The van der Waals surface area contributed by atoms with E-state index >= 15 is 0 Å². The van der Waals surface area contributed by atoms with Gasteiger partial charge in [0.1, 0.15) is 5.75 Å². The van der Waals surface area contributed by atoms with Crippen molar-refractivity contribution in [3.05, 3.63) is 124 Å². The first-order valence-electron chi connectivity index (χ1n) is 10.8. The number of halogens is 1. The summed E-state index contributed by atoms with van der Waals surface area (Å²) in [5.74, 6) is 0.0456. The van der Waals surface area contributed by atoms with E-state index in [1.807, 2.05) is 54.6 Å². The molecule has 34 heavy (non-hydrogen) atoms. The van der Waals surface area contributed by atoms with Crippen LogP contribution in [0.15, 0.2) is 108 Å². The van der Waals surface area contributed by atoms with E-state index in [0.717, 1.165) is 10.9 Å². The number of benzene rings is 4. The molecule has 0 aromatic heterocycles. The van der Waals surface area contributed by atoms with E-state index in [1.165, 1.54) is 5.56 Å². The second kappa shape index (κ2) is 11.3. The van der Waals surface area contributed by atoms with E-state index in [1.54, 1.807) is 48.5 Å². The summed E-state index contributed by atoms with van der Waals surface area (Å²) in [6.45, 7) is 0.460. The van der Waals surface area contributed by atoms with Crippen molar-refractivity contribution in [3.63, 3.8) is 0 Å². The molecule has 2 amide bonds. The molecule has 0 atom stereocenters. The lowest BCUT2D eigenvalue weighted by Crippen LogP contribution is -2.15. The van der Waals surface area contributed by atoms with Crippen molar-refractivity contribution in [2.75, 3.05) is 17.2 Å². The smallest absolute Gasteiger partial charge is 0.259 e. The minimum atomic E-state index is -0.280. The van der Waals surface area contributed by atoms with Crippen molar-refractivity contribution in [1.29, 1.82) is 0 Å². The molecule has 0 aliphatic carbocycles. The molecule has 0 fully saturated rings. The molecule has 0 saturated heterocycles. The highest BCUT2D eigenvalue weighted by molar-refractivity contribution is 9.10. The summed E-state index contributed by atoms with van der Waals surface area (Å²) in [6.07, 6.45) is 0.744. The van der Waals surface area contributed by atoms with E-state index in [2.05, 4.69) is 26.6 Å². The Labute approximate surface area is 206 Å². The Morgan fingerprint density at radius 1 is 0.706 bits per heavy atom. The molecule has 2 N–H and O–H groups in total. The fraction of sp³-hybridized carbons (Fsp3) is 0.0714. The third kappa shape index (κ3) is 6.33. The molecule has 4 rings (SSSR count). The van der Waals surface area contributed by atoms with Crippen LogP contribution in [-0.4, -0.2) is 18.4 Å². The van der Waals surface area contributed by atoms with Crippen molar-refractivity contribution in [2.45, 2.75) is 6.42 Å². The van der Waals surface area contributed by atoms with Gasteiger partial charge in [0.25, 0.3) is 11.8 Å². The first kappa shape index (κ1) is 23.3. The van der Waals surface area contributed by atoms with Crippen LogP contribution in [0.5, 0.6) is 5.75 Å². The van der Waals surface area contributed by atoms with Gasteiger partial charge in [-0.3, -0.25) is 9.59 Å². The highest BCUT2D eigenvalue weighted by atomic mass is 79.9. The zero-order valence-electron chi connectivity index (χ0n) is 18.3. The van der Waals surface area contributed by atoms with E-state index in [4.69, 9.17) is 4.74 Å². The normalized spacial score (nSPS) is 10.4. The Kier molecular flexibility index (Phi) is 7.73. The Hall–Kier alpha value is -3.90. The van der Waals surface area contributed by atoms with Gasteiger partial charge in [-0.25, -0.2) is 0 Å². The van der Waals surface area contributed by atoms with Gasteiger partial charge in [0.05, 0.1) is 12.2 Å². The maximum atomic E-state index is 13.0. The number of carbonyl (C=O) groups excluding carboxylic acids is 2. The lowest BCUT2D eigenvalue weighted by Gasteiger charge is -2.13. The molecule has 5 nitrogen and oxygen atoms in total. The minimum absolute atomic E-state index is 0.191. The molecule has 0 heterocycles. The average molecular weight is 515 g/mol. The molecule has 4 aromatic rings. The molecular formula is C28H23BrN2O3. The molecule has 0 aliphatic rings. The monoisotopic (exact) mass is 514 g/mol. The SMILES string of the molecule is O=C(Nc1ccc(NC(=O)c2cc(Br)ccc2OCCc2ccccc2)cc1)c1ccccc1. The third-order valence-corrected chi connectivity index (χ3v) is 5.61. The topological polar surface area (TPSA) is 67.4 Å². The van der Waals surface area contributed by atoms with Gasteiger partial charge in [0.2, 0.25) is 0 Å². The van der Waals surface area contributed by atoms with Crippen LogP contribution in [-0.2, 0) is 6.42 Å². The highest BCUT2D eigenvalue weighted by Crippen LogP contribution is 2.25. The Morgan fingerprint density at radius 2 is 1.29 bits per heavy atom. The van der Waals surface area contributed by atoms with Crippen LogP contribution in [0.3, 0.4) is 0 Å². The Balaban J connectivity index is 1.39. The Bertz CT molecular complexity index is 1260. The maximum Gasteiger partial charge on any atom is 0.259 e. The summed E-state index contributed by atoms with van der Waals surface area (Å²) < 4.78 is 6.71. The van der Waals surface area contributed by atoms with Crippen molar-refractivity contribution >= 4 is 39.1 Å². The first-order valence-corrected chi connectivity index (χ1v) is 11.6. The summed E-state index contributed by atoms with van der Waals surface area (Å²) in [4.78, 5) is 25.3. The second-order valence-corrected chi connectivity index (χ2v) is 8.49. The predicted molar refractivity (Wildman–Crippen MR) is 139 cm³/mol. The standard InChI is InChI=1S/C28H23BrN2O3/c29-22-11-16-26(34-18-17-20-7-3-1-4-8-20)25(19-22)28(33)31-24-14-12-23(13-15-24)30-27(32)21-9-5-2-6-10-21/h1-16,19H,17-18H2,(H,30,32)(H,31,33). The van der Waals surface area contributed by atoms with Gasteiger partial charge in [-0.15, -0.1) is 0 Å². The number of anilines is 2. The fourth-order valence-corrected chi connectivity index (χ4v) is 3.72. The van der Waals surface area contributed by atoms with Crippen LogP contribution in [0.4, 0.5) is 11.4 Å². The van der Waals surface area contributed by atoms with Crippen molar-refractivity contribution in [1.82, 2.24) is 0 Å². The highest BCUT2D eigenvalue weighted by Gasteiger charge is 2.14. The van der Waals surface area contributed by atoms with E-state index < -0.39 is 0 Å². The van der Waals surface area contributed by atoms with E-state index in [0.29, 0.717) is 34.9 Å². The maximum absolute atomic E-state index is 13.0. The van der Waals surface area contributed by atoms with E-state index in [-0.39, 0.29) is 11.8 Å². The van der Waals surface area contributed by atoms with Crippen molar-refractivity contribution in [2.24, 2.45) is 0 Å². The quantitative estimate of drug-likeness (QED) is 0.279. The van der Waals surface area contributed by atoms with Crippen molar-refractivity contribution < 1.29 is 14.3 Å². The van der Waals surface area contributed by atoms with Crippen LogP contribution in [0.1, 0.15) is 26.3 Å². The lowest BCUT2D eigenvalue weighted by atomic mass is 10.1. The molecule has 0 bridgehead atoms. The molecule has 170 valence electrons. The number of carbonyl (C=O) groups is 2. The largest absolute Gasteiger partial charge is 0.492 e. The molecule has 0 saturated carbocycles. The first-order chi connectivity index (χ1) is 16.6. The lowest BCUT2D eigenvalue weighted by molar-refractivity contribution is 0.101. The number of ether oxygens (including phenoxy) is 1. The molecule has 0 spiro atoms. The number of hydrogen-bond acceptors (Lipinski definition) is 3. The van der Waals surface area contributed by atoms with Crippen molar-refractivity contribution in [3.8, 4) is 5.75 Å². The summed E-state index contributed by atoms with van der Waals surface area (Å²) in [5, 5.41) is 5.74. The molecular weight excluding hydrogens is 492 g/mol. The summed E-state index contributed by atoms with van der Waals surface area (Å²) in [6, 6.07) is 31.4. The predicted octanol–water partition coefficient (Wildman–Crippen LogP) is 6.58.